The van der Waals surface area contributed by atoms with E-state index >= 15 is 0 Å². The normalized spacial score (nSPS) is 18.6. The molecule has 0 amide bonds. The Morgan fingerprint density at radius 3 is 2.58 bits per heavy atom. The zero-order valence-electron chi connectivity index (χ0n) is 18.4. The quantitative estimate of drug-likeness (QED) is 0.639. The molecule has 0 radical (unpaired) electrons. The van der Waals surface area contributed by atoms with Crippen LogP contribution in [0.1, 0.15) is 22.7 Å². The molecule has 176 valence electrons. The fourth-order valence-corrected chi connectivity index (χ4v) is 4.57. The molecule has 2 N–H and O–H groups in total. The molecule has 2 aliphatic rings. The second-order valence-electron chi connectivity index (χ2n) is 7.95. The Morgan fingerprint density at radius 1 is 1.18 bits per heavy atom. The van der Waals surface area contributed by atoms with Crippen molar-refractivity contribution in [2.45, 2.75) is 19.4 Å². The summed E-state index contributed by atoms with van der Waals surface area (Å²) in [4.78, 5) is 28.7. The van der Waals surface area contributed by atoms with E-state index in [-0.39, 0.29) is 17.0 Å². The van der Waals surface area contributed by atoms with Gasteiger partial charge in [0.1, 0.15) is 11.3 Å². The Hall–Kier alpha value is -2.52. The van der Waals surface area contributed by atoms with E-state index in [9.17, 15) is 9.59 Å². The molecule has 33 heavy (non-hydrogen) atoms. The van der Waals surface area contributed by atoms with Gasteiger partial charge in [0.05, 0.1) is 41.9 Å². The number of benzene rings is 1. The van der Waals surface area contributed by atoms with Gasteiger partial charge in [-0.25, -0.2) is 4.79 Å². The van der Waals surface area contributed by atoms with Gasteiger partial charge in [0, 0.05) is 37.9 Å². The topological polar surface area (TPSA) is 96.0 Å². The van der Waals surface area contributed by atoms with Crippen molar-refractivity contribution >= 4 is 29.2 Å². The van der Waals surface area contributed by atoms with Crippen molar-refractivity contribution in [2.24, 2.45) is 5.73 Å². The highest BCUT2D eigenvalue weighted by molar-refractivity contribution is 6.42. The molecule has 8 nitrogen and oxygen atoms in total. The van der Waals surface area contributed by atoms with Crippen LogP contribution in [0.2, 0.25) is 10.0 Å². The molecule has 4 rings (SSSR count). The molecular weight excluding hydrogens is 469 g/mol. The molecule has 1 fully saturated rings. The minimum Gasteiger partial charge on any atom is -0.465 e. The first kappa shape index (κ1) is 23.6. The predicted octanol–water partition coefficient (Wildman–Crippen LogP) is 2.66. The van der Waals surface area contributed by atoms with Crippen LogP contribution in [0.3, 0.4) is 0 Å². The number of hydrogen-bond acceptors (Lipinski definition) is 7. The molecular formula is C23H25Cl2N3O5. The van der Waals surface area contributed by atoms with Crippen LogP contribution in [-0.4, -0.2) is 55.4 Å². The van der Waals surface area contributed by atoms with Gasteiger partial charge in [-0.2, -0.15) is 0 Å². The molecule has 1 saturated heterocycles. The molecule has 1 aromatic carbocycles. The van der Waals surface area contributed by atoms with Crippen LogP contribution < -0.4 is 16.0 Å². The van der Waals surface area contributed by atoms with Crippen molar-refractivity contribution in [3.63, 3.8) is 0 Å². The van der Waals surface area contributed by atoms with Crippen LogP contribution in [0.15, 0.2) is 40.5 Å². The molecule has 10 heteroatoms. The number of carbonyl (C=O) groups excluding carboxylic acids is 1. The molecule has 2 aromatic rings. The number of esters is 1. The summed E-state index contributed by atoms with van der Waals surface area (Å²) >= 11 is 12.4. The van der Waals surface area contributed by atoms with Gasteiger partial charge < -0.3 is 24.5 Å². The number of ether oxygens (including phenoxy) is 3. The monoisotopic (exact) mass is 493 g/mol. The minimum absolute atomic E-state index is 0.0454. The van der Waals surface area contributed by atoms with Crippen LogP contribution in [0.4, 0.5) is 0 Å². The number of nitrogens with zero attached hydrogens (tertiary/aromatic N) is 2. The maximum atomic E-state index is 13.8. The lowest BCUT2D eigenvalue weighted by atomic mass is 9.83. The van der Waals surface area contributed by atoms with Gasteiger partial charge in [-0.3, -0.25) is 9.69 Å². The van der Waals surface area contributed by atoms with E-state index in [1.165, 1.54) is 7.11 Å². The van der Waals surface area contributed by atoms with E-state index in [2.05, 4.69) is 4.90 Å². The molecule has 0 aliphatic carbocycles. The number of halogens is 2. The molecule has 0 spiro atoms. The van der Waals surface area contributed by atoms with Gasteiger partial charge in [0.15, 0.2) is 0 Å². The van der Waals surface area contributed by atoms with E-state index in [1.807, 2.05) is 6.92 Å². The van der Waals surface area contributed by atoms with Crippen LogP contribution >= 0.6 is 23.2 Å². The summed E-state index contributed by atoms with van der Waals surface area (Å²) in [6.07, 6.45) is 0. The number of morpholine rings is 1. The molecule has 2 aliphatic heterocycles. The first-order valence-corrected chi connectivity index (χ1v) is 11.3. The fourth-order valence-electron chi connectivity index (χ4n) is 4.26. The third-order valence-corrected chi connectivity index (χ3v) is 6.73. The Labute approximate surface area is 201 Å². The van der Waals surface area contributed by atoms with E-state index in [0.29, 0.717) is 53.2 Å². The lowest BCUT2D eigenvalue weighted by Gasteiger charge is -2.30. The summed E-state index contributed by atoms with van der Waals surface area (Å²) < 4.78 is 17.8. The molecule has 3 heterocycles. The maximum absolute atomic E-state index is 13.8. The third kappa shape index (κ3) is 4.61. The van der Waals surface area contributed by atoms with Crippen molar-refractivity contribution < 1.29 is 19.0 Å². The molecule has 0 saturated carbocycles. The lowest BCUT2D eigenvalue weighted by molar-refractivity contribution is -0.136. The van der Waals surface area contributed by atoms with Crippen molar-refractivity contribution in [1.82, 2.24) is 9.47 Å². The second kappa shape index (κ2) is 9.77. The van der Waals surface area contributed by atoms with Gasteiger partial charge in [0.2, 0.25) is 5.88 Å². The number of carbonyl (C=O) groups is 1. The Kier molecular flexibility index (Phi) is 6.99. The number of methoxy groups -OCH3 is 1. The van der Waals surface area contributed by atoms with E-state index < -0.39 is 11.9 Å². The number of rotatable bonds is 5. The highest BCUT2D eigenvalue weighted by atomic mass is 35.5. The smallest absolute Gasteiger partial charge is 0.340 e. The molecule has 0 bridgehead atoms. The first-order valence-electron chi connectivity index (χ1n) is 10.6. The van der Waals surface area contributed by atoms with Crippen LogP contribution in [0, 0.1) is 6.92 Å². The van der Waals surface area contributed by atoms with E-state index in [4.69, 9.17) is 43.1 Å². The number of hydrogen-bond donors (Lipinski definition) is 1. The highest BCUT2D eigenvalue weighted by Gasteiger charge is 2.38. The summed E-state index contributed by atoms with van der Waals surface area (Å²) in [6, 6.07) is 6.71. The van der Waals surface area contributed by atoms with Crippen molar-refractivity contribution in [3.8, 4) is 5.75 Å². The first-order chi connectivity index (χ1) is 15.8. The third-order valence-electron chi connectivity index (χ3n) is 6.00. The number of nitrogens with two attached hydrogens (primary N) is 1. The highest BCUT2D eigenvalue weighted by Crippen LogP contribution is 2.42. The molecule has 1 aromatic heterocycles. The van der Waals surface area contributed by atoms with Crippen LogP contribution in [-0.2, 0) is 20.8 Å². The van der Waals surface area contributed by atoms with Crippen LogP contribution in [0.25, 0.3) is 0 Å². The van der Waals surface area contributed by atoms with Gasteiger partial charge >= 0.3 is 5.97 Å². The SMILES string of the molecule is COC(=O)C1=C(N)Oc2cc(C)n(CCN3CCOCC3)c(=O)c2[C@@H]1c1ccc(Cl)c(Cl)c1. The Morgan fingerprint density at radius 2 is 1.91 bits per heavy atom. The fraction of sp³-hybridized carbons (Fsp3) is 0.391. The minimum atomic E-state index is -0.821. The van der Waals surface area contributed by atoms with Crippen molar-refractivity contribution in [3.05, 3.63) is 72.9 Å². The summed E-state index contributed by atoms with van der Waals surface area (Å²) in [6.45, 7) is 6.02. The van der Waals surface area contributed by atoms with Gasteiger partial charge in [0.25, 0.3) is 5.56 Å². The second-order valence-corrected chi connectivity index (χ2v) is 8.77. The maximum Gasteiger partial charge on any atom is 0.340 e. The largest absolute Gasteiger partial charge is 0.465 e. The zero-order valence-corrected chi connectivity index (χ0v) is 19.9. The summed E-state index contributed by atoms with van der Waals surface area (Å²) in [5, 5.41) is 0.654. The Balaban J connectivity index is 1.83. The van der Waals surface area contributed by atoms with Gasteiger partial charge in [-0.1, -0.05) is 29.3 Å². The number of aryl methyl sites for hydroxylation is 1. The van der Waals surface area contributed by atoms with Crippen molar-refractivity contribution in [2.75, 3.05) is 40.0 Å². The number of pyridine rings is 1. The van der Waals surface area contributed by atoms with Gasteiger partial charge in [-0.05, 0) is 24.6 Å². The van der Waals surface area contributed by atoms with E-state index in [0.717, 1.165) is 18.8 Å². The summed E-state index contributed by atoms with van der Waals surface area (Å²) in [5.41, 5.74) is 7.53. The van der Waals surface area contributed by atoms with E-state index in [1.54, 1.807) is 28.8 Å². The average Bonchev–Trinajstić information content (AvgIpc) is 2.80. The average molecular weight is 494 g/mol. The predicted molar refractivity (Wildman–Crippen MR) is 125 cm³/mol. The Bertz CT molecular complexity index is 1170. The van der Waals surface area contributed by atoms with Crippen molar-refractivity contribution in [1.29, 1.82) is 0 Å². The lowest BCUT2D eigenvalue weighted by Crippen LogP contribution is -2.40. The number of aromatic nitrogens is 1. The molecule has 0 unspecified atom stereocenters. The summed E-state index contributed by atoms with van der Waals surface area (Å²) in [5.74, 6) is -1.32. The molecule has 1 atom stereocenters. The zero-order chi connectivity index (χ0) is 23.7. The summed E-state index contributed by atoms with van der Waals surface area (Å²) in [7, 11) is 1.25. The standard InChI is InChI=1S/C23H25Cl2N3O5/c1-13-11-17-19(22(29)28(13)6-5-27-7-9-32-10-8-27)18(14-3-4-15(24)16(25)12-14)20(21(26)33-17)23(30)31-2/h3-4,11-12,18H,5-10,26H2,1-2H3/t18-/m0/s1. The number of fused-ring (bicyclic) bond motifs is 1. The van der Waals surface area contributed by atoms with Gasteiger partial charge in [-0.15, -0.1) is 0 Å². The van der Waals surface area contributed by atoms with Crippen LogP contribution in [0.5, 0.6) is 5.75 Å².